The van der Waals surface area contributed by atoms with E-state index in [2.05, 4.69) is 32.4 Å². The van der Waals surface area contributed by atoms with Gasteiger partial charge in [-0.15, -0.1) is 11.3 Å². The lowest BCUT2D eigenvalue weighted by Gasteiger charge is -2.19. The van der Waals surface area contributed by atoms with Gasteiger partial charge < -0.3 is 10.2 Å². The largest absolute Gasteiger partial charge is 0.369 e. The number of aryl methyl sites for hydroxylation is 1. The minimum Gasteiger partial charge on any atom is -0.369 e. The number of amides is 1. The molecule has 2 aliphatic rings. The fourth-order valence-corrected chi connectivity index (χ4v) is 6.01. The van der Waals surface area contributed by atoms with E-state index in [0.717, 1.165) is 51.1 Å². The molecule has 1 fully saturated rings. The fourth-order valence-electron chi connectivity index (χ4n) is 4.87. The van der Waals surface area contributed by atoms with Crippen molar-refractivity contribution in [2.24, 2.45) is 17.8 Å². The molecule has 3 heterocycles. The number of pyridine rings is 1. The third-order valence-corrected chi connectivity index (χ3v) is 7.83. The normalized spacial score (nSPS) is 21.7. The predicted octanol–water partition coefficient (Wildman–Crippen LogP) is 4.33. The second-order valence-electron chi connectivity index (χ2n) is 8.68. The third kappa shape index (κ3) is 3.94. The Kier molecular flexibility index (Phi) is 5.44. The fraction of sp³-hybridized carbons (Fsp3) is 0.417. The molecule has 0 saturated heterocycles. The Hall–Kier alpha value is -2.80. The number of allylic oxidation sites excluding steroid dienone is 2. The number of likely N-dealkylation sites (N-methyl/N-ethyl adjacent to an activating group) is 1. The molecule has 31 heavy (non-hydrogen) atoms. The summed E-state index contributed by atoms with van der Waals surface area (Å²) in [5.41, 5.74) is 1.95. The SMILES string of the molecule is Cc1c(C(=O)N(C)CCc2ccccn2)sc2ncnc(NC[C@@H]3C[C@H]4C=C[C@@H]3C4)c12. The minimum atomic E-state index is 0.0284. The summed E-state index contributed by atoms with van der Waals surface area (Å²) in [6.45, 7) is 3.55. The summed E-state index contributed by atoms with van der Waals surface area (Å²) in [5, 5.41) is 4.55. The van der Waals surface area contributed by atoms with Crippen molar-refractivity contribution in [3.05, 3.63) is 59.0 Å². The molecule has 6 nitrogen and oxygen atoms in total. The summed E-state index contributed by atoms with van der Waals surface area (Å²) >= 11 is 1.46. The van der Waals surface area contributed by atoms with Crippen molar-refractivity contribution in [2.75, 3.05) is 25.5 Å². The molecule has 3 aromatic heterocycles. The molecule has 3 atom stereocenters. The Morgan fingerprint density at radius 3 is 2.87 bits per heavy atom. The summed E-state index contributed by atoms with van der Waals surface area (Å²) in [6.07, 6.45) is 11.4. The van der Waals surface area contributed by atoms with Crippen LogP contribution < -0.4 is 5.32 Å². The summed E-state index contributed by atoms with van der Waals surface area (Å²) in [5.74, 6) is 3.00. The van der Waals surface area contributed by atoms with Crippen molar-refractivity contribution in [2.45, 2.75) is 26.2 Å². The van der Waals surface area contributed by atoms with E-state index in [9.17, 15) is 4.79 Å². The molecule has 1 N–H and O–H groups in total. The zero-order valence-electron chi connectivity index (χ0n) is 17.9. The average molecular weight is 434 g/mol. The van der Waals surface area contributed by atoms with E-state index in [-0.39, 0.29) is 5.91 Å². The number of carbonyl (C=O) groups excluding carboxylic acids is 1. The highest BCUT2D eigenvalue weighted by Crippen LogP contribution is 2.43. The molecule has 1 amide bonds. The quantitative estimate of drug-likeness (QED) is 0.562. The van der Waals surface area contributed by atoms with Gasteiger partial charge in [-0.1, -0.05) is 18.2 Å². The lowest BCUT2D eigenvalue weighted by molar-refractivity contribution is 0.0800. The molecule has 0 spiro atoms. The van der Waals surface area contributed by atoms with Crippen molar-refractivity contribution in [3.8, 4) is 0 Å². The number of aromatic nitrogens is 3. The maximum absolute atomic E-state index is 13.2. The monoisotopic (exact) mass is 433 g/mol. The molecule has 5 rings (SSSR count). The van der Waals surface area contributed by atoms with Crippen LogP contribution in [0, 0.1) is 24.7 Å². The zero-order chi connectivity index (χ0) is 21.4. The molecule has 2 bridgehead atoms. The van der Waals surface area contributed by atoms with E-state index >= 15 is 0 Å². The van der Waals surface area contributed by atoms with Crippen molar-refractivity contribution in [3.63, 3.8) is 0 Å². The number of hydrogen-bond acceptors (Lipinski definition) is 6. The third-order valence-electron chi connectivity index (χ3n) is 6.65. The molecule has 160 valence electrons. The van der Waals surface area contributed by atoms with Gasteiger partial charge in [0.2, 0.25) is 0 Å². The van der Waals surface area contributed by atoms with Gasteiger partial charge in [0.15, 0.2) is 0 Å². The van der Waals surface area contributed by atoms with E-state index in [4.69, 9.17) is 0 Å². The second-order valence-corrected chi connectivity index (χ2v) is 9.68. The number of fused-ring (bicyclic) bond motifs is 3. The van der Waals surface area contributed by atoms with E-state index < -0.39 is 0 Å². The average Bonchev–Trinajstić information content (AvgIpc) is 3.51. The van der Waals surface area contributed by atoms with Gasteiger partial charge in [-0.25, -0.2) is 9.97 Å². The zero-order valence-corrected chi connectivity index (χ0v) is 18.7. The lowest BCUT2D eigenvalue weighted by Crippen LogP contribution is -2.28. The number of nitrogens with one attached hydrogen (secondary N) is 1. The molecule has 7 heteroatoms. The Morgan fingerprint density at radius 1 is 1.23 bits per heavy atom. The molecule has 0 aromatic carbocycles. The van der Waals surface area contributed by atoms with Gasteiger partial charge in [0.05, 0.1) is 10.3 Å². The van der Waals surface area contributed by atoms with Crippen molar-refractivity contribution < 1.29 is 4.79 Å². The highest BCUT2D eigenvalue weighted by molar-refractivity contribution is 7.20. The first-order chi connectivity index (χ1) is 15.1. The molecular formula is C24H27N5OS. The number of carbonyl (C=O) groups is 1. The molecular weight excluding hydrogens is 406 g/mol. The highest BCUT2D eigenvalue weighted by Gasteiger charge is 2.35. The van der Waals surface area contributed by atoms with Crippen LogP contribution in [0.1, 0.15) is 33.8 Å². The summed E-state index contributed by atoms with van der Waals surface area (Å²) in [6, 6.07) is 5.86. The van der Waals surface area contributed by atoms with Gasteiger partial charge in [0, 0.05) is 38.4 Å². The number of anilines is 1. The van der Waals surface area contributed by atoms with Crippen LogP contribution in [0.3, 0.4) is 0 Å². The first-order valence-corrected chi connectivity index (χ1v) is 11.7. The van der Waals surface area contributed by atoms with Crippen molar-refractivity contribution in [1.82, 2.24) is 19.9 Å². The maximum atomic E-state index is 13.2. The van der Waals surface area contributed by atoms with Crippen LogP contribution in [0.15, 0.2) is 42.9 Å². The van der Waals surface area contributed by atoms with Crippen molar-refractivity contribution >= 4 is 33.3 Å². The molecule has 0 aliphatic heterocycles. The standard InChI is InChI=1S/C24H27N5OS/c1-15-20-22(26-13-18-12-16-6-7-17(18)11-16)27-14-28-23(20)31-21(15)24(30)29(2)10-8-19-5-3-4-9-25-19/h3-7,9,14,16-18H,8,10-13H2,1-2H3,(H,26,27,28)/t16-,17+,18-/m0/s1. The van der Waals surface area contributed by atoms with Crippen LogP contribution in [-0.4, -0.2) is 45.9 Å². The van der Waals surface area contributed by atoms with Crippen LogP contribution >= 0.6 is 11.3 Å². The topological polar surface area (TPSA) is 71.0 Å². The van der Waals surface area contributed by atoms with Crippen LogP contribution in [0.5, 0.6) is 0 Å². The van der Waals surface area contributed by atoms with Crippen LogP contribution in [0.25, 0.3) is 10.2 Å². The number of nitrogens with zero attached hydrogens (tertiary/aromatic N) is 4. The van der Waals surface area contributed by atoms with Gasteiger partial charge >= 0.3 is 0 Å². The summed E-state index contributed by atoms with van der Waals surface area (Å²) in [4.78, 5) is 29.9. The van der Waals surface area contributed by atoms with E-state index in [1.807, 2.05) is 32.2 Å². The Balaban J connectivity index is 1.31. The number of rotatable bonds is 7. The molecule has 0 unspecified atom stereocenters. The summed E-state index contributed by atoms with van der Waals surface area (Å²) in [7, 11) is 1.85. The van der Waals surface area contributed by atoms with Gasteiger partial charge in [-0.2, -0.15) is 0 Å². The molecule has 2 aliphatic carbocycles. The first kappa shape index (κ1) is 20.1. The van der Waals surface area contributed by atoms with Gasteiger partial charge in [-0.3, -0.25) is 9.78 Å². The van der Waals surface area contributed by atoms with Gasteiger partial charge in [-0.05, 0) is 55.2 Å². The Labute approximate surface area is 186 Å². The number of hydrogen-bond donors (Lipinski definition) is 1. The van der Waals surface area contributed by atoms with E-state index in [0.29, 0.717) is 18.4 Å². The molecule has 0 radical (unpaired) electrons. The van der Waals surface area contributed by atoms with Crippen molar-refractivity contribution in [1.29, 1.82) is 0 Å². The lowest BCUT2D eigenvalue weighted by atomic mass is 9.93. The number of thiophene rings is 1. The highest BCUT2D eigenvalue weighted by atomic mass is 32.1. The van der Waals surface area contributed by atoms with E-state index in [1.54, 1.807) is 17.4 Å². The van der Waals surface area contributed by atoms with Crippen LogP contribution in [0.4, 0.5) is 5.82 Å². The van der Waals surface area contributed by atoms with E-state index in [1.165, 1.54) is 24.2 Å². The molecule has 1 saturated carbocycles. The van der Waals surface area contributed by atoms with Gasteiger partial charge in [0.25, 0.3) is 5.91 Å². The predicted molar refractivity (Wildman–Crippen MR) is 124 cm³/mol. The summed E-state index contributed by atoms with van der Waals surface area (Å²) < 4.78 is 0. The second kappa shape index (κ2) is 8.38. The Bertz CT molecular complexity index is 1130. The van der Waals surface area contributed by atoms with Crippen LogP contribution in [0.2, 0.25) is 0 Å². The molecule has 3 aromatic rings. The Morgan fingerprint density at radius 2 is 2.13 bits per heavy atom. The smallest absolute Gasteiger partial charge is 0.264 e. The maximum Gasteiger partial charge on any atom is 0.264 e. The van der Waals surface area contributed by atoms with Gasteiger partial charge in [0.1, 0.15) is 17.0 Å². The minimum absolute atomic E-state index is 0.0284. The first-order valence-electron chi connectivity index (χ1n) is 10.9. The van der Waals surface area contributed by atoms with Crippen LogP contribution in [-0.2, 0) is 6.42 Å².